The van der Waals surface area contributed by atoms with Gasteiger partial charge < -0.3 is 10.2 Å². The van der Waals surface area contributed by atoms with E-state index in [0.29, 0.717) is 6.42 Å². The first-order valence-electron chi connectivity index (χ1n) is 6.39. The van der Waals surface area contributed by atoms with Crippen molar-refractivity contribution in [3.05, 3.63) is 29.8 Å². The number of hydrogen-bond acceptors (Lipinski definition) is 2. The van der Waals surface area contributed by atoms with Gasteiger partial charge in [-0.05, 0) is 42.4 Å². The molecule has 94 valence electrons. The van der Waals surface area contributed by atoms with Crippen LogP contribution in [0.4, 0.5) is 0 Å². The van der Waals surface area contributed by atoms with Crippen molar-refractivity contribution < 1.29 is 10.2 Å². The topological polar surface area (TPSA) is 40.5 Å². The Morgan fingerprint density at radius 2 is 1.76 bits per heavy atom. The second-order valence-corrected chi connectivity index (χ2v) is 6.26. The molecule has 1 saturated carbocycles. The number of rotatable bonds is 2. The number of hydrogen-bond donors (Lipinski definition) is 2. The summed E-state index contributed by atoms with van der Waals surface area (Å²) >= 11 is 0. The summed E-state index contributed by atoms with van der Waals surface area (Å²) in [5.74, 6) is 0.282. The van der Waals surface area contributed by atoms with E-state index in [-0.39, 0.29) is 11.2 Å². The van der Waals surface area contributed by atoms with Crippen LogP contribution < -0.4 is 0 Å². The van der Waals surface area contributed by atoms with E-state index in [1.165, 1.54) is 6.42 Å². The predicted octanol–water partition coefficient (Wildman–Crippen LogP) is 3.27. The van der Waals surface area contributed by atoms with Gasteiger partial charge in [0.1, 0.15) is 5.75 Å². The first-order valence-corrected chi connectivity index (χ1v) is 6.39. The molecule has 2 nitrogen and oxygen atoms in total. The second-order valence-electron chi connectivity index (χ2n) is 6.26. The van der Waals surface area contributed by atoms with E-state index in [4.69, 9.17) is 0 Å². The van der Waals surface area contributed by atoms with E-state index >= 15 is 0 Å². The monoisotopic (exact) mass is 234 g/mol. The third kappa shape index (κ3) is 3.22. The third-order valence-electron chi connectivity index (χ3n) is 3.77. The van der Waals surface area contributed by atoms with Crippen molar-refractivity contribution in [1.29, 1.82) is 0 Å². The molecule has 1 aliphatic carbocycles. The average molecular weight is 234 g/mol. The lowest BCUT2D eigenvalue weighted by molar-refractivity contribution is -0.0382. The first kappa shape index (κ1) is 12.4. The highest BCUT2D eigenvalue weighted by Gasteiger charge is 2.38. The fraction of sp³-hybridized carbons (Fsp3) is 0.600. The van der Waals surface area contributed by atoms with Crippen molar-refractivity contribution in [2.45, 2.75) is 51.6 Å². The van der Waals surface area contributed by atoms with Crippen molar-refractivity contribution in [2.75, 3.05) is 0 Å². The molecule has 2 heteroatoms. The van der Waals surface area contributed by atoms with Crippen LogP contribution >= 0.6 is 0 Å². The molecule has 1 atom stereocenters. The molecule has 0 radical (unpaired) electrons. The van der Waals surface area contributed by atoms with Gasteiger partial charge in [0.2, 0.25) is 0 Å². The summed E-state index contributed by atoms with van der Waals surface area (Å²) in [6.45, 7) is 4.46. The lowest BCUT2D eigenvalue weighted by Crippen LogP contribution is -2.40. The molecule has 0 heterocycles. The van der Waals surface area contributed by atoms with Crippen LogP contribution in [0.2, 0.25) is 0 Å². The average Bonchev–Trinajstić information content (AvgIpc) is 2.19. The highest BCUT2D eigenvalue weighted by molar-refractivity contribution is 5.27. The Morgan fingerprint density at radius 3 is 2.35 bits per heavy atom. The molecule has 0 saturated heterocycles. The maximum Gasteiger partial charge on any atom is 0.115 e. The molecule has 2 N–H and O–H groups in total. The van der Waals surface area contributed by atoms with Crippen LogP contribution in [0.5, 0.6) is 5.75 Å². The molecule has 0 amide bonds. The van der Waals surface area contributed by atoms with Gasteiger partial charge in [-0.25, -0.2) is 0 Å². The van der Waals surface area contributed by atoms with Crippen molar-refractivity contribution in [3.63, 3.8) is 0 Å². The Hall–Kier alpha value is -1.02. The Kier molecular flexibility index (Phi) is 3.17. The van der Waals surface area contributed by atoms with Gasteiger partial charge in [-0.3, -0.25) is 0 Å². The van der Waals surface area contributed by atoms with Gasteiger partial charge in [0, 0.05) is 6.42 Å². The zero-order chi connectivity index (χ0) is 12.5. The SMILES string of the molecule is CC1(C)CCCC(O)(Cc2ccc(O)cc2)C1. The van der Waals surface area contributed by atoms with Crippen LogP contribution in [0.25, 0.3) is 0 Å². The summed E-state index contributed by atoms with van der Waals surface area (Å²) in [5.41, 5.74) is 0.769. The molecular weight excluding hydrogens is 212 g/mol. The normalized spacial score (nSPS) is 27.9. The van der Waals surface area contributed by atoms with E-state index < -0.39 is 5.60 Å². The fourth-order valence-electron chi connectivity index (χ4n) is 3.11. The van der Waals surface area contributed by atoms with Gasteiger partial charge in [0.25, 0.3) is 0 Å². The summed E-state index contributed by atoms with van der Waals surface area (Å²) in [7, 11) is 0. The lowest BCUT2D eigenvalue weighted by atomic mass is 9.68. The largest absolute Gasteiger partial charge is 0.508 e. The lowest BCUT2D eigenvalue weighted by Gasteiger charge is -2.41. The van der Waals surface area contributed by atoms with Gasteiger partial charge in [-0.15, -0.1) is 0 Å². The van der Waals surface area contributed by atoms with E-state index in [0.717, 1.165) is 24.8 Å². The molecule has 0 spiro atoms. The van der Waals surface area contributed by atoms with Crippen LogP contribution in [-0.4, -0.2) is 15.8 Å². The molecule has 1 aliphatic rings. The van der Waals surface area contributed by atoms with Crippen LogP contribution in [0, 0.1) is 5.41 Å². The van der Waals surface area contributed by atoms with Gasteiger partial charge in [0.05, 0.1) is 5.60 Å². The van der Waals surface area contributed by atoms with Crippen molar-refractivity contribution >= 4 is 0 Å². The molecule has 0 aromatic heterocycles. The second kappa shape index (κ2) is 4.34. The van der Waals surface area contributed by atoms with Crippen LogP contribution in [0.1, 0.15) is 45.1 Å². The Balaban J connectivity index is 2.09. The summed E-state index contributed by atoms with van der Waals surface area (Å²) < 4.78 is 0. The number of phenols is 1. The third-order valence-corrected chi connectivity index (χ3v) is 3.77. The summed E-state index contributed by atoms with van der Waals surface area (Å²) in [4.78, 5) is 0. The van der Waals surface area contributed by atoms with E-state index in [1.54, 1.807) is 12.1 Å². The van der Waals surface area contributed by atoms with Crippen LogP contribution in [0.3, 0.4) is 0 Å². The minimum absolute atomic E-state index is 0.240. The van der Waals surface area contributed by atoms with Crippen LogP contribution in [0.15, 0.2) is 24.3 Å². The Bertz CT molecular complexity index is 380. The Morgan fingerprint density at radius 1 is 1.12 bits per heavy atom. The number of benzene rings is 1. The summed E-state index contributed by atoms with van der Waals surface area (Å²) in [5, 5.41) is 19.9. The van der Waals surface area contributed by atoms with Crippen molar-refractivity contribution in [1.82, 2.24) is 0 Å². The highest BCUT2D eigenvalue weighted by atomic mass is 16.3. The van der Waals surface area contributed by atoms with E-state index in [2.05, 4.69) is 13.8 Å². The zero-order valence-corrected chi connectivity index (χ0v) is 10.7. The number of phenolic OH excluding ortho intramolecular Hbond substituents is 1. The van der Waals surface area contributed by atoms with Gasteiger partial charge in [-0.1, -0.05) is 32.4 Å². The zero-order valence-electron chi connectivity index (χ0n) is 10.7. The molecular formula is C15H22O2. The molecule has 17 heavy (non-hydrogen) atoms. The minimum atomic E-state index is -0.571. The molecule has 1 aromatic rings. The van der Waals surface area contributed by atoms with Gasteiger partial charge in [0.15, 0.2) is 0 Å². The highest BCUT2D eigenvalue weighted by Crippen LogP contribution is 2.42. The van der Waals surface area contributed by atoms with E-state index in [1.807, 2.05) is 12.1 Å². The predicted molar refractivity (Wildman–Crippen MR) is 69.0 cm³/mol. The quantitative estimate of drug-likeness (QED) is 0.824. The van der Waals surface area contributed by atoms with E-state index in [9.17, 15) is 10.2 Å². The smallest absolute Gasteiger partial charge is 0.115 e. The first-order chi connectivity index (χ1) is 7.89. The molecule has 1 aromatic carbocycles. The molecule has 1 fully saturated rings. The van der Waals surface area contributed by atoms with Crippen molar-refractivity contribution in [3.8, 4) is 5.75 Å². The van der Waals surface area contributed by atoms with Crippen molar-refractivity contribution in [2.24, 2.45) is 5.41 Å². The maximum absolute atomic E-state index is 10.7. The number of aliphatic hydroxyl groups is 1. The van der Waals surface area contributed by atoms with Gasteiger partial charge >= 0.3 is 0 Å². The summed E-state index contributed by atoms with van der Waals surface area (Å²) in [6.07, 6.45) is 4.74. The standard InChI is InChI=1S/C15H22O2/c1-14(2)8-3-9-15(17,11-14)10-12-4-6-13(16)7-5-12/h4-7,16-17H,3,8-11H2,1-2H3. The molecule has 2 rings (SSSR count). The Labute approximate surface area is 103 Å². The summed E-state index contributed by atoms with van der Waals surface area (Å²) in [6, 6.07) is 7.17. The fourth-order valence-corrected chi connectivity index (χ4v) is 3.11. The van der Waals surface area contributed by atoms with Gasteiger partial charge in [-0.2, -0.15) is 0 Å². The van der Waals surface area contributed by atoms with Crippen LogP contribution in [-0.2, 0) is 6.42 Å². The molecule has 0 bridgehead atoms. The molecule has 1 unspecified atom stereocenters. The maximum atomic E-state index is 10.7. The number of aromatic hydroxyl groups is 1. The molecule has 0 aliphatic heterocycles. The minimum Gasteiger partial charge on any atom is -0.508 e.